The first kappa shape index (κ1) is 15.1. The van der Waals surface area contributed by atoms with E-state index in [9.17, 15) is 4.39 Å². The van der Waals surface area contributed by atoms with E-state index in [4.69, 9.17) is 5.84 Å². The fraction of sp³-hybridized carbons (Fsp3) is 0.357. The van der Waals surface area contributed by atoms with Gasteiger partial charge < -0.3 is 10.7 Å². The maximum absolute atomic E-state index is 13.8. The normalized spacial score (nSPS) is 12.3. The van der Waals surface area contributed by atoms with Gasteiger partial charge in [0.15, 0.2) is 17.5 Å². The number of hydrazine groups is 1. The Hall–Kier alpha value is -2.28. The summed E-state index contributed by atoms with van der Waals surface area (Å²) < 4.78 is 13.8. The highest BCUT2D eigenvalue weighted by Gasteiger charge is 2.13. The molecule has 0 amide bonds. The van der Waals surface area contributed by atoms with Gasteiger partial charge in [0.2, 0.25) is 0 Å². The predicted octanol–water partition coefficient (Wildman–Crippen LogP) is 2.42. The van der Waals surface area contributed by atoms with Crippen LogP contribution >= 0.6 is 0 Å². The number of nitrogens with zero attached hydrogens (tertiary/aromatic N) is 3. The van der Waals surface area contributed by atoms with Crippen molar-refractivity contribution in [3.8, 4) is 11.4 Å². The van der Waals surface area contributed by atoms with Crippen LogP contribution in [-0.2, 0) is 0 Å². The Balaban J connectivity index is 2.28. The van der Waals surface area contributed by atoms with Crippen LogP contribution in [0.25, 0.3) is 11.4 Å². The Morgan fingerprint density at radius 3 is 2.48 bits per heavy atom. The van der Waals surface area contributed by atoms with Gasteiger partial charge in [-0.1, -0.05) is 13.8 Å². The van der Waals surface area contributed by atoms with Crippen LogP contribution < -0.4 is 16.6 Å². The lowest BCUT2D eigenvalue weighted by Crippen LogP contribution is -2.23. The molecular weight excluding hydrogens is 271 g/mol. The highest BCUT2D eigenvalue weighted by atomic mass is 19.1. The second kappa shape index (κ2) is 6.45. The lowest BCUT2D eigenvalue weighted by molar-refractivity contribution is 0.548. The summed E-state index contributed by atoms with van der Waals surface area (Å²) in [5.41, 5.74) is 3.13. The van der Waals surface area contributed by atoms with Crippen LogP contribution in [0, 0.1) is 11.7 Å². The lowest BCUT2D eigenvalue weighted by Gasteiger charge is -2.18. The van der Waals surface area contributed by atoms with Crippen molar-refractivity contribution in [3.63, 3.8) is 0 Å². The smallest absolute Gasteiger partial charge is 0.183 e. The summed E-state index contributed by atoms with van der Waals surface area (Å²) in [4.78, 5) is 12.3. The van der Waals surface area contributed by atoms with Crippen LogP contribution in [-0.4, -0.2) is 21.0 Å². The molecule has 0 fully saturated rings. The third-order valence-electron chi connectivity index (χ3n) is 3.28. The molecule has 0 saturated carbocycles. The molecule has 0 aliphatic rings. The highest BCUT2D eigenvalue weighted by molar-refractivity contribution is 5.57. The summed E-state index contributed by atoms with van der Waals surface area (Å²) in [5.74, 6) is 6.29. The first-order valence-corrected chi connectivity index (χ1v) is 6.73. The Morgan fingerprint density at radius 2 is 1.90 bits per heavy atom. The quantitative estimate of drug-likeness (QED) is 0.579. The number of halogens is 1. The van der Waals surface area contributed by atoms with E-state index in [1.165, 1.54) is 0 Å². The van der Waals surface area contributed by atoms with Gasteiger partial charge in [0.25, 0.3) is 0 Å². The molecule has 0 aliphatic carbocycles. The summed E-state index contributed by atoms with van der Waals surface area (Å²) in [6.45, 7) is 6.09. The second-order valence-electron chi connectivity index (χ2n) is 5.14. The van der Waals surface area contributed by atoms with Crippen molar-refractivity contribution < 1.29 is 4.39 Å². The van der Waals surface area contributed by atoms with Crippen LogP contribution in [0.1, 0.15) is 20.8 Å². The Labute approximate surface area is 123 Å². The molecule has 4 N–H and O–H groups in total. The molecule has 21 heavy (non-hydrogen) atoms. The molecule has 7 heteroatoms. The van der Waals surface area contributed by atoms with E-state index in [-0.39, 0.29) is 11.9 Å². The van der Waals surface area contributed by atoms with E-state index in [0.29, 0.717) is 23.1 Å². The average Bonchev–Trinajstić information content (AvgIpc) is 2.49. The van der Waals surface area contributed by atoms with Gasteiger partial charge in [-0.15, -0.1) is 0 Å². The Bertz CT molecular complexity index is 599. The third kappa shape index (κ3) is 3.63. The molecule has 0 aliphatic heterocycles. The van der Waals surface area contributed by atoms with Crippen LogP contribution in [0.15, 0.2) is 24.5 Å². The summed E-state index contributed by atoms with van der Waals surface area (Å²) >= 11 is 0. The van der Waals surface area contributed by atoms with Gasteiger partial charge in [-0.25, -0.2) is 25.2 Å². The van der Waals surface area contributed by atoms with Crippen molar-refractivity contribution >= 4 is 11.6 Å². The van der Waals surface area contributed by atoms with Crippen molar-refractivity contribution in [1.29, 1.82) is 0 Å². The van der Waals surface area contributed by atoms with Crippen LogP contribution in [0.5, 0.6) is 0 Å². The fourth-order valence-electron chi connectivity index (χ4n) is 1.60. The number of hydrogen-bond donors (Lipinski definition) is 3. The van der Waals surface area contributed by atoms with Crippen molar-refractivity contribution in [2.24, 2.45) is 11.8 Å². The van der Waals surface area contributed by atoms with Crippen LogP contribution in [0.2, 0.25) is 0 Å². The highest BCUT2D eigenvalue weighted by Crippen LogP contribution is 2.20. The number of anilines is 2. The van der Waals surface area contributed by atoms with Gasteiger partial charge in [0.05, 0.1) is 6.20 Å². The van der Waals surface area contributed by atoms with Crippen molar-refractivity contribution in [2.45, 2.75) is 26.8 Å². The first-order valence-electron chi connectivity index (χ1n) is 6.73. The summed E-state index contributed by atoms with van der Waals surface area (Å²) in [6.07, 6.45) is 2.74. The number of aromatic nitrogens is 3. The van der Waals surface area contributed by atoms with Crippen LogP contribution in [0.4, 0.5) is 16.0 Å². The molecule has 0 bridgehead atoms. The van der Waals surface area contributed by atoms with Gasteiger partial charge in [0.1, 0.15) is 5.82 Å². The molecule has 0 aromatic carbocycles. The molecule has 2 aromatic heterocycles. The lowest BCUT2D eigenvalue weighted by atomic mass is 10.1. The fourth-order valence-corrected chi connectivity index (χ4v) is 1.60. The van der Waals surface area contributed by atoms with Gasteiger partial charge >= 0.3 is 0 Å². The Morgan fingerprint density at radius 1 is 1.14 bits per heavy atom. The predicted molar refractivity (Wildman–Crippen MR) is 81.0 cm³/mol. The maximum Gasteiger partial charge on any atom is 0.183 e. The number of pyridine rings is 1. The number of nitrogen functional groups attached to an aromatic ring is 1. The topological polar surface area (TPSA) is 88.8 Å². The molecule has 0 saturated heterocycles. The number of nitrogens with two attached hydrogens (primary N) is 1. The zero-order valence-corrected chi connectivity index (χ0v) is 12.3. The van der Waals surface area contributed by atoms with Gasteiger partial charge in [-0.05, 0) is 25.0 Å². The first-order chi connectivity index (χ1) is 10.0. The molecule has 6 nitrogen and oxygen atoms in total. The molecule has 2 rings (SSSR count). The average molecular weight is 290 g/mol. The third-order valence-corrected chi connectivity index (χ3v) is 3.28. The zero-order valence-electron chi connectivity index (χ0n) is 12.3. The molecule has 0 radical (unpaired) electrons. The van der Waals surface area contributed by atoms with E-state index in [1.54, 1.807) is 18.3 Å². The second-order valence-corrected chi connectivity index (χ2v) is 5.14. The molecule has 2 heterocycles. The number of nitrogens with one attached hydrogen (secondary N) is 2. The van der Waals surface area contributed by atoms with Crippen molar-refractivity contribution in [3.05, 3.63) is 30.3 Å². The minimum Gasteiger partial charge on any atom is -0.365 e. The number of rotatable bonds is 5. The minimum atomic E-state index is -0.473. The monoisotopic (exact) mass is 290 g/mol. The number of hydrogen-bond acceptors (Lipinski definition) is 6. The van der Waals surface area contributed by atoms with Gasteiger partial charge in [-0.2, -0.15) is 0 Å². The molecule has 1 atom stereocenters. The Kier molecular flexibility index (Phi) is 4.64. The van der Waals surface area contributed by atoms with E-state index < -0.39 is 5.82 Å². The van der Waals surface area contributed by atoms with Crippen molar-refractivity contribution in [2.75, 3.05) is 10.7 Å². The minimum absolute atomic E-state index is 0.101. The van der Waals surface area contributed by atoms with E-state index in [0.717, 1.165) is 6.20 Å². The summed E-state index contributed by atoms with van der Waals surface area (Å²) in [5, 5.41) is 3.06. The van der Waals surface area contributed by atoms with Crippen molar-refractivity contribution in [1.82, 2.24) is 15.0 Å². The standard InChI is InChI=1S/C14H19FN6/c1-8(2)9(3)19-14-11(15)7-18-13(20-14)10-4-5-12(21-16)17-6-10/h4-9H,16H2,1-3H3,(H,17,21)(H,18,19,20). The molecule has 2 aromatic rings. The van der Waals surface area contributed by atoms with E-state index in [1.807, 2.05) is 6.92 Å². The summed E-state index contributed by atoms with van der Waals surface area (Å²) in [7, 11) is 0. The molecule has 1 unspecified atom stereocenters. The largest absolute Gasteiger partial charge is 0.365 e. The van der Waals surface area contributed by atoms with E-state index >= 15 is 0 Å². The molecule has 0 spiro atoms. The van der Waals surface area contributed by atoms with Crippen LogP contribution in [0.3, 0.4) is 0 Å². The van der Waals surface area contributed by atoms with Gasteiger partial charge in [0, 0.05) is 17.8 Å². The molecular formula is C14H19FN6. The van der Waals surface area contributed by atoms with Gasteiger partial charge in [-0.3, -0.25) is 0 Å². The summed E-state index contributed by atoms with van der Waals surface area (Å²) in [6, 6.07) is 3.57. The van der Waals surface area contributed by atoms with E-state index in [2.05, 4.69) is 39.5 Å². The zero-order chi connectivity index (χ0) is 15.4. The maximum atomic E-state index is 13.8. The molecule has 112 valence electrons. The SMILES string of the molecule is CC(C)C(C)Nc1nc(-c2ccc(NN)nc2)ncc1F.